The van der Waals surface area contributed by atoms with Gasteiger partial charge >= 0.3 is 5.69 Å². The van der Waals surface area contributed by atoms with Gasteiger partial charge in [0.05, 0.1) is 28.5 Å². The SMILES string of the molecule is Cc1c(-c2ccnn2C)cccc1C(C)Nc1nnc(C)c2cc3c(cc12)n(C)c(=O)n3C. The molecule has 3 heterocycles. The zero-order chi connectivity index (χ0) is 23.4. The predicted molar refractivity (Wildman–Crippen MR) is 131 cm³/mol. The van der Waals surface area contributed by atoms with Crippen molar-refractivity contribution in [3.8, 4) is 11.3 Å². The first-order valence-electron chi connectivity index (χ1n) is 10.9. The molecule has 1 atom stereocenters. The lowest BCUT2D eigenvalue weighted by Crippen LogP contribution is -2.19. The normalized spacial score (nSPS) is 12.5. The standard InChI is InChI=1S/C25H27N7O/c1-14-17(8-7-9-18(14)21-10-11-26-32(21)6)15(2)27-24-20-13-23-22(30(4)25(33)31(23)5)12-19(20)16(3)28-29-24/h7-13,15H,1-6H3,(H,27,29). The summed E-state index contributed by atoms with van der Waals surface area (Å²) in [7, 11) is 5.54. The summed E-state index contributed by atoms with van der Waals surface area (Å²) in [5.41, 5.74) is 7.13. The summed E-state index contributed by atoms with van der Waals surface area (Å²) in [6.45, 7) is 6.20. The number of benzene rings is 2. The van der Waals surface area contributed by atoms with Crippen LogP contribution in [0.25, 0.3) is 33.1 Å². The summed E-state index contributed by atoms with van der Waals surface area (Å²) in [6, 6.07) is 12.4. The number of hydrogen-bond acceptors (Lipinski definition) is 5. The van der Waals surface area contributed by atoms with Crippen molar-refractivity contribution in [1.82, 2.24) is 29.1 Å². The fraction of sp³-hybridized carbons (Fsp3) is 0.280. The van der Waals surface area contributed by atoms with Crippen molar-refractivity contribution in [3.63, 3.8) is 0 Å². The van der Waals surface area contributed by atoms with Crippen LogP contribution in [0.3, 0.4) is 0 Å². The zero-order valence-corrected chi connectivity index (χ0v) is 19.7. The lowest BCUT2D eigenvalue weighted by atomic mass is 9.95. The van der Waals surface area contributed by atoms with Gasteiger partial charge in [0.15, 0.2) is 5.82 Å². The molecule has 2 aromatic carbocycles. The minimum absolute atomic E-state index is 0.00586. The number of aryl methyl sites for hydroxylation is 4. The number of fused-ring (bicyclic) bond motifs is 2. The van der Waals surface area contributed by atoms with Crippen molar-refractivity contribution in [2.45, 2.75) is 26.8 Å². The van der Waals surface area contributed by atoms with Gasteiger partial charge in [-0.3, -0.25) is 13.8 Å². The number of nitrogens with zero attached hydrogens (tertiary/aromatic N) is 6. The Balaban J connectivity index is 1.61. The molecule has 0 amide bonds. The summed E-state index contributed by atoms with van der Waals surface area (Å²) in [5.74, 6) is 0.701. The van der Waals surface area contributed by atoms with E-state index in [0.29, 0.717) is 5.82 Å². The molecule has 0 fully saturated rings. The molecule has 0 aliphatic rings. The van der Waals surface area contributed by atoms with E-state index in [2.05, 4.69) is 52.7 Å². The number of imidazole rings is 1. The molecule has 8 heteroatoms. The molecule has 1 N–H and O–H groups in total. The van der Waals surface area contributed by atoms with E-state index in [1.807, 2.05) is 43.0 Å². The van der Waals surface area contributed by atoms with E-state index >= 15 is 0 Å². The quantitative estimate of drug-likeness (QED) is 0.456. The van der Waals surface area contributed by atoms with E-state index in [9.17, 15) is 4.79 Å². The van der Waals surface area contributed by atoms with E-state index in [1.165, 1.54) is 11.1 Å². The number of nitrogens with one attached hydrogen (secondary N) is 1. The van der Waals surface area contributed by atoms with Gasteiger partial charge in [0.1, 0.15) is 0 Å². The van der Waals surface area contributed by atoms with Crippen LogP contribution in [0.1, 0.15) is 29.8 Å². The van der Waals surface area contributed by atoms with Crippen molar-refractivity contribution in [2.75, 3.05) is 5.32 Å². The molecule has 8 nitrogen and oxygen atoms in total. The molecule has 0 spiro atoms. The van der Waals surface area contributed by atoms with Crippen LogP contribution in [0.5, 0.6) is 0 Å². The summed E-state index contributed by atoms with van der Waals surface area (Å²) in [6.07, 6.45) is 1.81. The van der Waals surface area contributed by atoms with Gasteiger partial charge in [-0.25, -0.2) is 4.79 Å². The minimum Gasteiger partial charge on any atom is -0.362 e. The van der Waals surface area contributed by atoms with E-state index in [4.69, 9.17) is 0 Å². The van der Waals surface area contributed by atoms with E-state index in [-0.39, 0.29) is 11.7 Å². The fourth-order valence-corrected chi connectivity index (χ4v) is 4.70. The highest BCUT2D eigenvalue weighted by Gasteiger charge is 2.18. The predicted octanol–water partition coefficient (Wildman–Crippen LogP) is 4.01. The zero-order valence-electron chi connectivity index (χ0n) is 19.7. The average molecular weight is 442 g/mol. The number of aromatic nitrogens is 6. The van der Waals surface area contributed by atoms with E-state index in [0.717, 1.165) is 38.8 Å². The summed E-state index contributed by atoms with van der Waals surface area (Å²) >= 11 is 0. The first kappa shape index (κ1) is 20.9. The third-order valence-corrected chi connectivity index (χ3v) is 6.65. The molecule has 0 saturated carbocycles. The highest BCUT2D eigenvalue weighted by molar-refractivity contribution is 6.01. The molecule has 0 radical (unpaired) electrons. The van der Waals surface area contributed by atoms with Crippen LogP contribution in [0, 0.1) is 13.8 Å². The van der Waals surface area contributed by atoms with Gasteiger partial charge in [-0.2, -0.15) is 10.2 Å². The lowest BCUT2D eigenvalue weighted by Gasteiger charge is -2.20. The largest absolute Gasteiger partial charge is 0.362 e. The van der Waals surface area contributed by atoms with Crippen LogP contribution in [0.2, 0.25) is 0 Å². The third kappa shape index (κ3) is 3.21. The molecule has 3 aromatic heterocycles. The van der Waals surface area contributed by atoms with Crippen molar-refractivity contribution >= 4 is 27.6 Å². The second-order valence-corrected chi connectivity index (χ2v) is 8.65. The van der Waals surface area contributed by atoms with Crippen LogP contribution >= 0.6 is 0 Å². The Morgan fingerprint density at radius 2 is 1.64 bits per heavy atom. The van der Waals surface area contributed by atoms with Gasteiger partial charge in [0.2, 0.25) is 0 Å². The highest BCUT2D eigenvalue weighted by Crippen LogP contribution is 2.33. The molecule has 0 aliphatic carbocycles. The Morgan fingerprint density at radius 3 is 2.30 bits per heavy atom. The number of rotatable bonds is 4. The maximum absolute atomic E-state index is 12.5. The van der Waals surface area contributed by atoms with E-state index in [1.54, 1.807) is 23.2 Å². The molecular formula is C25H27N7O. The topological polar surface area (TPSA) is 82.6 Å². The van der Waals surface area contributed by atoms with Crippen molar-refractivity contribution in [3.05, 3.63) is 69.9 Å². The third-order valence-electron chi connectivity index (χ3n) is 6.65. The minimum atomic E-state index is -0.0515. The van der Waals surface area contributed by atoms with Crippen LogP contribution < -0.4 is 11.0 Å². The second-order valence-electron chi connectivity index (χ2n) is 8.65. The monoisotopic (exact) mass is 441 g/mol. The van der Waals surface area contributed by atoms with Gasteiger partial charge in [-0.15, -0.1) is 5.10 Å². The summed E-state index contributed by atoms with van der Waals surface area (Å²) < 4.78 is 5.22. The van der Waals surface area contributed by atoms with Crippen LogP contribution in [-0.4, -0.2) is 29.1 Å². The maximum atomic E-state index is 12.5. The van der Waals surface area contributed by atoms with Crippen molar-refractivity contribution in [1.29, 1.82) is 0 Å². The average Bonchev–Trinajstić information content (AvgIpc) is 3.32. The number of anilines is 1. The smallest absolute Gasteiger partial charge is 0.328 e. The Bertz CT molecular complexity index is 1590. The Morgan fingerprint density at radius 1 is 0.939 bits per heavy atom. The van der Waals surface area contributed by atoms with Gasteiger partial charge in [-0.05, 0) is 50.1 Å². The van der Waals surface area contributed by atoms with Gasteiger partial charge in [0, 0.05) is 43.7 Å². The van der Waals surface area contributed by atoms with Crippen LogP contribution in [-0.2, 0) is 21.1 Å². The molecule has 0 aliphatic heterocycles. The first-order valence-corrected chi connectivity index (χ1v) is 10.9. The Kier molecular flexibility index (Phi) is 4.81. The van der Waals surface area contributed by atoms with Crippen molar-refractivity contribution < 1.29 is 0 Å². The molecule has 5 aromatic rings. The van der Waals surface area contributed by atoms with E-state index < -0.39 is 0 Å². The van der Waals surface area contributed by atoms with Crippen LogP contribution in [0.15, 0.2) is 47.4 Å². The molecule has 0 saturated heterocycles. The molecule has 5 rings (SSSR count). The summed E-state index contributed by atoms with van der Waals surface area (Å²) in [4.78, 5) is 12.5. The lowest BCUT2D eigenvalue weighted by molar-refractivity contribution is 0.774. The summed E-state index contributed by atoms with van der Waals surface area (Å²) in [5, 5.41) is 18.7. The highest BCUT2D eigenvalue weighted by atomic mass is 16.1. The first-order chi connectivity index (χ1) is 15.8. The fourth-order valence-electron chi connectivity index (χ4n) is 4.70. The Labute approximate surface area is 191 Å². The van der Waals surface area contributed by atoms with Gasteiger partial charge in [0.25, 0.3) is 0 Å². The molecule has 168 valence electrons. The second kappa shape index (κ2) is 7.58. The Hall–Kier alpha value is -3.94. The van der Waals surface area contributed by atoms with Gasteiger partial charge in [-0.1, -0.05) is 18.2 Å². The maximum Gasteiger partial charge on any atom is 0.328 e. The molecular weight excluding hydrogens is 414 g/mol. The molecule has 1 unspecified atom stereocenters. The van der Waals surface area contributed by atoms with Crippen LogP contribution in [0.4, 0.5) is 5.82 Å². The molecule has 33 heavy (non-hydrogen) atoms. The molecule has 0 bridgehead atoms. The van der Waals surface area contributed by atoms with Crippen molar-refractivity contribution in [2.24, 2.45) is 21.1 Å². The van der Waals surface area contributed by atoms with Gasteiger partial charge < -0.3 is 5.32 Å². The number of hydrogen-bond donors (Lipinski definition) is 1.